The van der Waals surface area contributed by atoms with Crippen molar-refractivity contribution in [2.45, 2.75) is 6.92 Å². The Labute approximate surface area is 95.2 Å². The highest BCUT2D eigenvalue weighted by atomic mass is 16.5. The first-order chi connectivity index (χ1) is 7.79. The number of benzene rings is 1. The maximum atomic E-state index is 5.62. The van der Waals surface area contributed by atoms with Crippen molar-refractivity contribution in [1.29, 1.82) is 0 Å². The number of fused-ring (bicyclic) bond motifs is 1. The molecule has 3 nitrogen and oxygen atoms in total. The Hall–Kier alpha value is -1.61. The molecule has 0 radical (unpaired) electrons. The van der Waals surface area contributed by atoms with Gasteiger partial charge in [0.25, 0.3) is 0 Å². The third-order valence-corrected chi connectivity index (χ3v) is 2.50. The van der Waals surface area contributed by atoms with Crippen LogP contribution in [-0.2, 0) is 0 Å². The van der Waals surface area contributed by atoms with Crippen molar-refractivity contribution in [1.82, 2.24) is 4.98 Å². The fourth-order valence-corrected chi connectivity index (χ4v) is 1.44. The molecule has 0 bridgehead atoms. The predicted molar refractivity (Wildman–Crippen MR) is 65.5 cm³/mol. The van der Waals surface area contributed by atoms with Crippen molar-refractivity contribution in [2.75, 3.05) is 13.2 Å². The normalized spacial score (nSPS) is 12.6. The van der Waals surface area contributed by atoms with Gasteiger partial charge in [-0.3, -0.25) is 4.98 Å². The SMILES string of the molecule is CC(CN)COc1cnc2ccccc2c1. The number of rotatable bonds is 4. The van der Waals surface area contributed by atoms with E-state index < -0.39 is 0 Å². The number of pyridine rings is 1. The largest absolute Gasteiger partial charge is 0.492 e. The van der Waals surface area contributed by atoms with Crippen LogP contribution >= 0.6 is 0 Å². The first-order valence-electron chi connectivity index (χ1n) is 5.47. The lowest BCUT2D eigenvalue weighted by Crippen LogP contribution is -2.18. The van der Waals surface area contributed by atoms with Crippen molar-refractivity contribution in [2.24, 2.45) is 11.7 Å². The molecule has 1 aromatic carbocycles. The Bertz CT molecular complexity index is 470. The zero-order valence-electron chi connectivity index (χ0n) is 9.39. The average Bonchev–Trinajstić information content (AvgIpc) is 2.35. The summed E-state index contributed by atoms with van der Waals surface area (Å²) in [6.45, 7) is 3.34. The fraction of sp³-hybridized carbons (Fsp3) is 0.308. The Kier molecular flexibility index (Phi) is 3.37. The molecule has 0 aliphatic heterocycles. The van der Waals surface area contributed by atoms with Gasteiger partial charge in [-0.2, -0.15) is 0 Å². The number of ether oxygens (including phenoxy) is 1. The molecule has 16 heavy (non-hydrogen) atoms. The first kappa shape index (κ1) is 10.9. The summed E-state index contributed by atoms with van der Waals surface area (Å²) in [4.78, 5) is 4.33. The summed E-state index contributed by atoms with van der Waals surface area (Å²) in [5, 5.41) is 1.10. The maximum absolute atomic E-state index is 5.62. The average molecular weight is 216 g/mol. The van der Waals surface area contributed by atoms with Gasteiger partial charge >= 0.3 is 0 Å². The molecule has 3 heteroatoms. The molecule has 0 spiro atoms. The van der Waals surface area contributed by atoms with Gasteiger partial charge in [0.2, 0.25) is 0 Å². The van der Waals surface area contributed by atoms with E-state index in [2.05, 4.69) is 11.9 Å². The number of nitrogens with zero attached hydrogens (tertiary/aromatic N) is 1. The molecular weight excluding hydrogens is 200 g/mol. The van der Waals surface area contributed by atoms with E-state index >= 15 is 0 Å². The second-order valence-electron chi connectivity index (χ2n) is 4.02. The predicted octanol–water partition coefficient (Wildman–Crippen LogP) is 2.21. The van der Waals surface area contributed by atoms with Crippen molar-refractivity contribution < 1.29 is 4.74 Å². The van der Waals surface area contributed by atoms with Crippen LogP contribution in [0.3, 0.4) is 0 Å². The minimum Gasteiger partial charge on any atom is -0.492 e. The van der Waals surface area contributed by atoms with Gasteiger partial charge in [-0.25, -0.2) is 0 Å². The quantitative estimate of drug-likeness (QED) is 0.852. The first-order valence-corrected chi connectivity index (χ1v) is 5.47. The molecule has 2 N–H and O–H groups in total. The van der Waals surface area contributed by atoms with Crippen LogP contribution in [0.2, 0.25) is 0 Å². The van der Waals surface area contributed by atoms with E-state index in [4.69, 9.17) is 10.5 Å². The van der Waals surface area contributed by atoms with Gasteiger partial charge in [-0.1, -0.05) is 25.1 Å². The highest BCUT2D eigenvalue weighted by Gasteiger charge is 2.02. The van der Waals surface area contributed by atoms with E-state index in [9.17, 15) is 0 Å². The van der Waals surface area contributed by atoms with Crippen LogP contribution in [0.5, 0.6) is 5.75 Å². The molecule has 0 amide bonds. The molecule has 1 heterocycles. The van der Waals surface area contributed by atoms with Crippen LogP contribution in [0.1, 0.15) is 6.92 Å². The molecule has 0 saturated heterocycles. The molecule has 0 aliphatic carbocycles. The lowest BCUT2D eigenvalue weighted by atomic mass is 10.2. The van der Waals surface area contributed by atoms with E-state index in [1.807, 2.05) is 30.3 Å². The maximum Gasteiger partial charge on any atom is 0.138 e. The Balaban J connectivity index is 2.13. The van der Waals surface area contributed by atoms with E-state index in [1.165, 1.54) is 0 Å². The smallest absolute Gasteiger partial charge is 0.138 e. The number of hydrogen-bond acceptors (Lipinski definition) is 3. The standard InChI is InChI=1S/C13H16N2O/c1-10(7-14)9-16-12-6-11-4-2-3-5-13(11)15-8-12/h2-6,8,10H,7,9,14H2,1H3. The molecule has 0 saturated carbocycles. The number of hydrogen-bond donors (Lipinski definition) is 1. The lowest BCUT2D eigenvalue weighted by molar-refractivity contribution is 0.263. The summed E-state index contributed by atoms with van der Waals surface area (Å²) < 4.78 is 5.62. The summed E-state index contributed by atoms with van der Waals surface area (Å²) in [6, 6.07) is 10.00. The van der Waals surface area contributed by atoms with Crippen molar-refractivity contribution >= 4 is 10.9 Å². The molecule has 1 aromatic heterocycles. The van der Waals surface area contributed by atoms with Crippen LogP contribution in [0.25, 0.3) is 10.9 Å². The number of aromatic nitrogens is 1. The van der Waals surface area contributed by atoms with E-state index in [0.717, 1.165) is 16.7 Å². The third-order valence-electron chi connectivity index (χ3n) is 2.50. The third kappa shape index (κ3) is 2.49. The molecule has 0 fully saturated rings. The van der Waals surface area contributed by atoms with Crippen LogP contribution in [0.15, 0.2) is 36.5 Å². The lowest BCUT2D eigenvalue weighted by Gasteiger charge is -2.10. The summed E-state index contributed by atoms with van der Waals surface area (Å²) in [5.41, 5.74) is 6.52. The summed E-state index contributed by atoms with van der Waals surface area (Å²) >= 11 is 0. The molecule has 2 aromatic rings. The Morgan fingerprint density at radius 1 is 1.38 bits per heavy atom. The van der Waals surface area contributed by atoms with Gasteiger partial charge in [-0.15, -0.1) is 0 Å². The van der Waals surface area contributed by atoms with Crippen LogP contribution in [-0.4, -0.2) is 18.1 Å². The highest BCUT2D eigenvalue weighted by molar-refractivity contribution is 5.79. The zero-order valence-corrected chi connectivity index (χ0v) is 9.39. The fourth-order valence-electron chi connectivity index (χ4n) is 1.44. The van der Waals surface area contributed by atoms with Gasteiger partial charge in [0, 0.05) is 11.3 Å². The van der Waals surface area contributed by atoms with Gasteiger partial charge in [0.15, 0.2) is 0 Å². The van der Waals surface area contributed by atoms with E-state index in [-0.39, 0.29) is 0 Å². The molecular formula is C13H16N2O. The van der Waals surface area contributed by atoms with E-state index in [1.54, 1.807) is 6.20 Å². The highest BCUT2D eigenvalue weighted by Crippen LogP contribution is 2.18. The van der Waals surface area contributed by atoms with E-state index in [0.29, 0.717) is 19.1 Å². The minimum atomic E-state index is 0.367. The van der Waals surface area contributed by atoms with Crippen LogP contribution in [0, 0.1) is 5.92 Å². The van der Waals surface area contributed by atoms with Gasteiger partial charge in [-0.05, 0) is 18.7 Å². The Morgan fingerprint density at radius 2 is 2.19 bits per heavy atom. The topological polar surface area (TPSA) is 48.1 Å². The molecule has 1 atom stereocenters. The Morgan fingerprint density at radius 3 is 3.00 bits per heavy atom. The second-order valence-corrected chi connectivity index (χ2v) is 4.02. The molecule has 2 rings (SSSR count). The van der Waals surface area contributed by atoms with Crippen molar-refractivity contribution in [3.05, 3.63) is 36.5 Å². The van der Waals surface area contributed by atoms with Crippen molar-refractivity contribution in [3.63, 3.8) is 0 Å². The molecule has 0 aliphatic rings. The van der Waals surface area contributed by atoms with Crippen molar-refractivity contribution in [3.8, 4) is 5.75 Å². The number of nitrogens with two attached hydrogens (primary N) is 1. The van der Waals surface area contributed by atoms with Gasteiger partial charge < -0.3 is 10.5 Å². The van der Waals surface area contributed by atoms with Crippen LogP contribution < -0.4 is 10.5 Å². The minimum absolute atomic E-state index is 0.367. The van der Waals surface area contributed by atoms with Gasteiger partial charge in [0.1, 0.15) is 5.75 Å². The zero-order chi connectivity index (χ0) is 11.4. The van der Waals surface area contributed by atoms with Gasteiger partial charge in [0.05, 0.1) is 18.3 Å². The summed E-state index contributed by atoms with van der Waals surface area (Å²) in [6.07, 6.45) is 1.76. The monoisotopic (exact) mass is 216 g/mol. The second kappa shape index (κ2) is 4.94. The summed E-state index contributed by atoms with van der Waals surface area (Å²) in [5.74, 6) is 1.17. The molecule has 84 valence electrons. The number of para-hydroxylation sites is 1. The molecule has 1 unspecified atom stereocenters. The van der Waals surface area contributed by atoms with Crippen LogP contribution in [0.4, 0.5) is 0 Å². The summed E-state index contributed by atoms with van der Waals surface area (Å²) in [7, 11) is 0.